The molecule has 0 radical (unpaired) electrons. The molecule has 1 aromatic heterocycles. The number of hydrogen-bond acceptors (Lipinski definition) is 2. The molecule has 2 heteroatoms. The van der Waals surface area contributed by atoms with Crippen LogP contribution in [0, 0.1) is 0 Å². The van der Waals surface area contributed by atoms with Crippen LogP contribution in [0.2, 0.25) is 0 Å². The third-order valence-electron chi connectivity index (χ3n) is 1.59. The number of pyridine rings is 1. The first-order valence-electron chi connectivity index (χ1n) is 3.93. The van der Waals surface area contributed by atoms with Gasteiger partial charge in [-0.15, -0.1) is 0 Å². The lowest BCUT2D eigenvalue weighted by molar-refractivity contribution is 0.162. The summed E-state index contributed by atoms with van der Waals surface area (Å²) < 4.78 is 0. The lowest BCUT2D eigenvalue weighted by atomic mass is 10.1. The first-order chi connectivity index (χ1) is 5.34. The minimum Gasteiger partial charge on any atom is -0.387 e. The Kier molecular flexibility index (Phi) is 3.05. The largest absolute Gasteiger partial charge is 0.387 e. The Balaban J connectivity index is 2.61. The lowest BCUT2D eigenvalue weighted by Gasteiger charge is -2.06. The van der Waals surface area contributed by atoms with Crippen LogP contribution < -0.4 is 0 Å². The molecule has 0 saturated heterocycles. The molecule has 0 unspecified atom stereocenters. The molecule has 1 heterocycles. The zero-order valence-electron chi connectivity index (χ0n) is 6.70. The first kappa shape index (κ1) is 8.21. The van der Waals surface area contributed by atoms with E-state index >= 15 is 0 Å². The van der Waals surface area contributed by atoms with E-state index < -0.39 is 0 Å². The molecule has 0 saturated carbocycles. The van der Waals surface area contributed by atoms with E-state index in [1.165, 1.54) is 0 Å². The Hall–Kier alpha value is -0.890. The predicted octanol–water partition coefficient (Wildman–Crippen LogP) is 1.92. The van der Waals surface area contributed by atoms with E-state index in [1.54, 1.807) is 6.20 Å². The average Bonchev–Trinajstić information content (AvgIpc) is 2.07. The molecule has 1 N–H and O–H groups in total. The van der Waals surface area contributed by atoms with E-state index in [1.807, 2.05) is 25.1 Å². The number of rotatable bonds is 3. The maximum atomic E-state index is 9.46. The van der Waals surface area contributed by atoms with Gasteiger partial charge in [0.1, 0.15) is 0 Å². The number of aliphatic hydroxyl groups excluding tert-OH is 1. The molecule has 0 aliphatic carbocycles. The Morgan fingerprint density at radius 1 is 1.55 bits per heavy atom. The molecule has 11 heavy (non-hydrogen) atoms. The number of aliphatic hydroxyl groups is 1. The maximum absolute atomic E-state index is 9.46. The third-order valence-corrected chi connectivity index (χ3v) is 1.59. The van der Waals surface area contributed by atoms with E-state index in [0.29, 0.717) is 0 Å². The second-order valence-corrected chi connectivity index (χ2v) is 2.56. The predicted molar refractivity (Wildman–Crippen MR) is 44.1 cm³/mol. The fourth-order valence-electron chi connectivity index (χ4n) is 0.994. The fourth-order valence-corrected chi connectivity index (χ4v) is 0.994. The van der Waals surface area contributed by atoms with Gasteiger partial charge in [-0.05, 0) is 18.6 Å². The van der Waals surface area contributed by atoms with Crippen molar-refractivity contribution in [3.63, 3.8) is 0 Å². The standard InChI is InChI=1S/C9H13NO/c1-2-5-9(11)8-6-3-4-7-10-8/h3-4,6-7,9,11H,2,5H2,1H3/t9-/m0/s1. The van der Waals surface area contributed by atoms with Gasteiger partial charge in [-0.2, -0.15) is 0 Å². The van der Waals surface area contributed by atoms with Gasteiger partial charge in [-0.1, -0.05) is 19.4 Å². The summed E-state index contributed by atoms with van der Waals surface area (Å²) in [6, 6.07) is 5.59. The number of aromatic nitrogens is 1. The molecule has 0 fully saturated rings. The van der Waals surface area contributed by atoms with Crippen LogP contribution in [-0.2, 0) is 0 Å². The van der Waals surface area contributed by atoms with Crippen LogP contribution in [-0.4, -0.2) is 10.1 Å². The number of nitrogens with zero attached hydrogens (tertiary/aromatic N) is 1. The van der Waals surface area contributed by atoms with Crippen LogP contribution in [0.5, 0.6) is 0 Å². The molecule has 0 aliphatic rings. The van der Waals surface area contributed by atoms with Crippen molar-refractivity contribution in [2.75, 3.05) is 0 Å². The highest BCUT2D eigenvalue weighted by Crippen LogP contribution is 2.14. The van der Waals surface area contributed by atoms with Crippen LogP contribution in [0.15, 0.2) is 24.4 Å². The van der Waals surface area contributed by atoms with Crippen molar-refractivity contribution in [2.24, 2.45) is 0 Å². The summed E-state index contributed by atoms with van der Waals surface area (Å²) in [6.07, 6.45) is 3.09. The summed E-state index contributed by atoms with van der Waals surface area (Å²) in [6.45, 7) is 2.05. The van der Waals surface area contributed by atoms with Crippen molar-refractivity contribution in [1.29, 1.82) is 0 Å². The van der Waals surface area contributed by atoms with Crippen LogP contribution in [0.1, 0.15) is 31.6 Å². The van der Waals surface area contributed by atoms with Gasteiger partial charge < -0.3 is 5.11 Å². The summed E-state index contributed by atoms with van der Waals surface area (Å²) in [5.74, 6) is 0. The van der Waals surface area contributed by atoms with Crippen LogP contribution >= 0.6 is 0 Å². The Labute approximate surface area is 66.9 Å². The fraction of sp³-hybridized carbons (Fsp3) is 0.444. The molecule has 0 aromatic carbocycles. The van der Waals surface area contributed by atoms with E-state index in [0.717, 1.165) is 18.5 Å². The summed E-state index contributed by atoms with van der Waals surface area (Å²) in [4.78, 5) is 4.05. The van der Waals surface area contributed by atoms with Crippen LogP contribution in [0.3, 0.4) is 0 Å². The summed E-state index contributed by atoms with van der Waals surface area (Å²) in [7, 11) is 0. The zero-order chi connectivity index (χ0) is 8.10. The molecule has 0 aliphatic heterocycles. The molecule has 0 bridgehead atoms. The minimum absolute atomic E-state index is 0.388. The smallest absolute Gasteiger partial charge is 0.0959 e. The third kappa shape index (κ3) is 2.31. The van der Waals surface area contributed by atoms with E-state index in [4.69, 9.17) is 0 Å². The molecule has 2 nitrogen and oxygen atoms in total. The Morgan fingerprint density at radius 2 is 2.36 bits per heavy atom. The van der Waals surface area contributed by atoms with Crippen LogP contribution in [0.4, 0.5) is 0 Å². The van der Waals surface area contributed by atoms with Gasteiger partial charge >= 0.3 is 0 Å². The molecule has 0 amide bonds. The van der Waals surface area contributed by atoms with Gasteiger partial charge in [0, 0.05) is 6.20 Å². The van der Waals surface area contributed by atoms with E-state index in [-0.39, 0.29) is 6.10 Å². The van der Waals surface area contributed by atoms with Crippen LogP contribution in [0.25, 0.3) is 0 Å². The highest BCUT2D eigenvalue weighted by atomic mass is 16.3. The normalized spacial score (nSPS) is 12.9. The van der Waals surface area contributed by atoms with E-state index in [9.17, 15) is 5.11 Å². The summed E-state index contributed by atoms with van der Waals surface area (Å²) in [5, 5.41) is 9.46. The first-order valence-corrected chi connectivity index (χ1v) is 3.93. The summed E-state index contributed by atoms with van der Waals surface area (Å²) >= 11 is 0. The Bertz CT molecular complexity index is 198. The highest BCUT2D eigenvalue weighted by molar-refractivity contribution is 5.06. The number of hydrogen-bond donors (Lipinski definition) is 1. The van der Waals surface area contributed by atoms with Crippen molar-refractivity contribution in [2.45, 2.75) is 25.9 Å². The molecular weight excluding hydrogens is 138 g/mol. The van der Waals surface area contributed by atoms with Crippen molar-refractivity contribution in [3.05, 3.63) is 30.1 Å². The molecule has 60 valence electrons. The second kappa shape index (κ2) is 4.09. The van der Waals surface area contributed by atoms with Crippen molar-refractivity contribution < 1.29 is 5.11 Å². The minimum atomic E-state index is -0.388. The monoisotopic (exact) mass is 151 g/mol. The molecular formula is C9H13NO. The van der Waals surface area contributed by atoms with Gasteiger partial charge in [0.05, 0.1) is 11.8 Å². The maximum Gasteiger partial charge on any atom is 0.0959 e. The molecule has 1 aromatic rings. The van der Waals surface area contributed by atoms with E-state index in [2.05, 4.69) is 4.98 Å². The van der Waals surface area contributed by atoms with Crippen molar-refractivity contribution >= 4 is 0 Å². The lowest BCUT2D eigenvalue weighted by Crippen LogP contribution is -1.98. The van der Waals surface area contributed by atoms with Gasteiger partial charge in [-0.25, -0.2) is 0 Å². The summed E-state index contributed by atoms with van der Waals surface area (Å²) in [5.41, 5.74) is 0.773. The van der Waals surface area contributed by atoms with Gasteiger partial charge in [0.15, 0.2) is 0 Å². The zero-order valence-corrected chi connectivity index (χ0v) is 6.70. The SMILES string of the molecule is CCC[C@H](O)c1ccccn1. The van der Waals surface area contributed by atoms with Gasteiger partial charge in [0.25, 0.3) is 0 Å². The Morgan fingerprint density at radius 3 is 2.91 bits per heavy atom. The molecule has 0 spiro atoms. The topological polar surface area (TPSA) is 33.1 Å². The van der Waals surface area contributed by atoms with Gasteiger partial charge in [-0.3, -0.25) is 4.98 Å². The van der Waals surface area contributed by atoms with Crippen molar-refractivity contribution in [3.8, 4) is 0 Å². The quantitative estimate of drug-likeness (QED) is 0.715. The van der Waals surface area contributed by atoms with Gasteiger partial charge in [0.2, 0.25) is 0 Å². The average molecular weight is 151 g/mol. The second-order valence-electron chi connectivity index (χ2n) is 2.56. The molecule has 1 atom stereocenters. The molecule has 1 rings (SSSR count). The van der Waals surface area contributed by atoms with Crippen molar-refractivity contribution in [1.82, 2.24) is 4.98 Å². The highest BCUT2D eigenvalue weighted by Gasteiger charge is 2.05.